The SMILES string of the molecule is CCCC1=C(C(=O)OC(C)C)C(c2cccc(OC)c2OCc2ccccc2F)NC(=O)N1. The monoisotopic (exact) mass is 456 g/mol. The number of esters is 1. The first-order valence-corrected chi connectivity index (χ1v) is 10.9. The predicted molar refractivity (Wildman–Crippen MR) is 121 cm³/mol. The first-order chi connectivity index (χ1) is 15.8. The number of ether oxygens (including phenoxy) is 3. The molecule has 33 heavy (non-hydrogen) atoms. The van der Waals surface area contributed by atoms with E-state index in [1.165, 1.54) is 13.2 Å². The summed E-state index contributed by atoms with van der Waals surface area (Å²) in [7, 11) is 1.49. The van der Waals surface area contributed by atoms with Crippen LogP contribution in [0.5, 0.6) is 11.5 Å². The minimum Gasteiger partial charge on any atom is -0.493 e. The number of hydrogen-bond donors (Lipinski definition) is 2. The summed E-state index contributed by atoms with van der Waals surface area (Å²) in [6.07, 6.45) is 0.866. The smallest absolute Gasteiger partial charge is 0.338 e. The number of hydrogen-bond acceptors (Lipinski definition) is 5. The van der Waals surface area contributed by atoms with Gasteiger partial charge in [0.15, 0.2) is 11.5 Å². The Kier molecular flexibility index (Phi) is 7.92. The highest BCUT2D eigenvalue weighted by Gasteiger charge is 2.36. The van der Waals surface area contributed by atoms with Crippen LogP contribution in [0.25, 0.3) is 0 Å². The van der Waals surface area contributed by atoms with Gasteiger partial charge in [0.05, 0.1) is 24.8 Å². The van der Waals surface area contributed by atoms with Crippen molar-refractivity contribution in [2.75, 3.05) is 7.11 Å². The highest BCUT2D eigenvalue weighted by molar-refractivity contribution is 5.95. The Bertz CT molecular complexity index is 1050. The van der Waals surface area contributed by atoms with Gasteiger partial charge in [0, 0.05) is 16.8 Å². The number of methoxy groups -OCH3 is 1. The number of halogens is 1. The van der Waals surface area contributed by atoms with Crippen molar-refractivity contribution in [3.05, 3.63) is 70.7 Å². The van der Waals surface area contributed by atoms with Crippen molar-refractivity contribution in [2.24, 2.45) is 0 Å². The zero-order chi connectivity index (χ0) is 24.0. The molecule has 176 valence electrons. The molecule has 0 bridgehead atoms. The summed E-state index contributed by atoms with van der Waals surface area (Å²) in [5, 5.41) is 5.55. The molecular weight excluding hydrogens is 427 g/mol. The van der Waals surface area contributed by atoms with E-state index in [1.807, 2.05) is 6.92 Å². The van der Waals surface area contributed by atoms with Crippen molar-refractivity contribution in [1.82, 2.24) is 10.6 Å². The molecule has 2 aromatic rings. The van der Waals surface area contributed by atoms with Crippen LogP contribution in [0.15, 0.2) is 53.7 Å². The van der Waals surface area contributed by atoms with Gasteiger partial charge in [-0.2, -0.15) is 0 Å². The van der Waals surface area contributed by atoms with Crippen LogP contribution in [0.3, 0.4) is 0 Å². The van der Waals surface area contributed by atoms with E-state index < -0.39 is 23.9 Å². The van der Waals surface area contributed by atoms with Gasteiger partial charge in [-0.1, -0.05) is 43.7 Å². The zero-order valence-corrected chi connectivity index (χ0v) is 19.2. The quantitative estimate of drug-likeness (QED) is 0.531. The molecule has 1 aliphatic rings. The van der Waals surface area contributed by atoms with E-state index in [-0.39, 0.29) is 12.7 Å². The third-order valence-corrected chi connectivity index (χ3v) is 5.09. The minimum atomic E-state index is -0.836. The molecule has 0 saturated heterocycles. The fourth-order valence-corrected chi connectivity index (χ4v) is 3.66. The lowest BCUT2D eigenvalue weighted by Crippen LogP contribution is -2.46. The molecule has 8 heteroatoms. The normalized spacial score (nSPS) is 15.7. The first-order valence-electron chi connectivity index (χ1n) is 10.9. The Balaban J connectivity index is 2.08. The van der Waals surface area contributed by atoms with E-state index in [2.05, 4.69) is 10.6 Å². The van der Waals surface area contributed by atoms with Gasteiger partial charge in [0.25, 0.3) is 0 Å². The predicted octanol–water partition coefficient (Wildman–Crippen LogP) is 4.77. The molecule has 0 aromatic heterocycles. The minimum absolute atomic E-state index is 0.0593. The van der Waals surface area contributed by atoms with E-state index in [0.717, 1.165) is 6.42 Å². The molecule has 2 N–H and O–H groups in total. The van der Waals surface area contributed by atoms with Crippen LogP contribution in [0.2, 0.25) is 0 Å². The second-order valence-electron chi connectivity index (χ2n) is 7.89. The molecule has 1 unspecified atom stereocenters. The number of carbonyl (C=O) groups excluding carboxylic acids is 2. The third kappa shape index (κ3) is 5.63. The number of rotatable bonds is 9. The van der Waals surface area contributed by atoms with Gasteiger partial charge in [-0.25, -0.2) is 14.0 Å². The largest absolute Gasteiger partial charge is 0.493 e. The zero-order valence-electron chi connectivity index (χ0n) is 19.2. The van der Waals surface area contributed by atoms with Gasteiger partial charge in [-0.05, 0) is 32.4 Å². The van der Waals surface area contributed by atoms with Gasteiger partial charge < -0.3 is 24.8 Å². The molecule has 1 atom stereocenters. The Labute approximate surface area is 192 Å². The molecule has 0 radical (unpaired) electrons. The number of carbonyl (C=O) groups is 2. The van der Waals surface area contributed by atoms with Crippen molar-refractivity contribution < 1.29 is 28.2 Å². The summed E-state index contributed by atoms with van der Waals surface area (Å²) in [6, 6.07) is 10.2. The van der Waals surface area contributed by atoms with E-state index >= 15 is 0 Å². The van der Waals surface area contributed by atoms with Crippen LogP contribution in [0, 0.1) is 5.82 Å². The van der Waals surface area contributed by atoms with Crippen LogP contribution in [0.4, 0.5) is 9.18 Å². The maximum atomic E-state index is 14.2. The maximum Gasteiger partial charge on any atom is 0.338 e. The van der Waals surface area contributed by atoms with Crippen molar-refractivity contribution in [1.29, 1.82) is 0 Å². The van der Waals surface area contributed by atoms with Crippen LogP contribution >= 0.6 is 0 Å². The number of para-hydroxylation sites is 1. The highest BCUT2D eigenvalue weighted by Crippen LogP contribution is 2.40. The summed E-state index contributed by atoms with van der Waals surface area (Å²) >= 11 is 0. The van der Waals surface area contributed by atoms with Gasteiger partial charge >= 0.3 is 12.0 Å². The number of nitrogens with one attached hydrogen (secondary N) is 2. The van der Waals surface area contributed by atoms with Gasteiger partial charge in [-0.15, -0.1) is 0 Å². The number of urea groups is 1. The molecule has 0 fully saturated rings. The third-order valence-electron chi connectivity index (χ3n) is 5.09. The number of amides is 2. The molecule has 0 aliphatic carbocycles. The Hall–Kier alpha value is -3.55. The summed E-state index contributed by atoms with van der Waals surface area (Å²) in [6.45, 7) is 5.42. The summed E-state index contributed by atoms with van der Waals surface area (Å²) in [5.74, 6) is -0.226. The number of benzene rings is 2. The Morgan fingerprint density at radius 1 is 1.15 bits per heavy atom. The van der Waals surface area contributed by atoms with Crippen LogP contribution in [-0.4, -0.2) is 25.2 Å². The van der Waals surface area contributed by atoms with E-state index in [1.54, 1.807) is 50.2 Å². The fourth-order valence-electron chi connectivity index (χ4n) is 3.66. The van der Waals surface area contributed by atoms with Gasteiger partial charge in [0.1, 0.15) is 12.4 Å². The molecule has 0 saturated carbocycles. The van der Waals surface area contributed by atoms with Crippen molar-refractivity contribution in [2.45, 2.75) is 52.4 Å². The lowest BCUT2D eigenvalue weighted by atomic mass is 9.92. The summed E-state index contributed by atoms with van der Waals surface area (Å²) in [5.41, 5.74) is 1.67. The Morgan fingerprint density at radius 3 is 2.58 bits per heavy atom. The molecular formula is C25H29FN2O5. The topological polar surface area (TPSA) is 85.9 Å². The van der Waals surface area contributed by atoms with Crippen LogP contribution in [-0.2, 0) is 16.1 Å². The molecule has 1 aliphatic heterocycles. The summed E-state index contributed by atoms with van der Waals surface area (Å²) < 4.78 is 31.1. The average Bonchev–Trinajstić information content (AvgIpc) is 2.77. The molecule has 0 spiro atoms. The second kappa shape index (κ2) is 10.8. The van der Waals surface area contributed by atoms with Crippen LogP contribution < -0.4 is 20.1 Å². The standard InChI is InChI=1S/C25H29FN2O5/c1-5-9-19-21(24(29)33-15(2)3)22(28-25(30)27-19)17-11-8-13-20(31-4)23(17)32-14-16-10-6-7-12-18(16)26/h6-8,10-13,15,22H,5,9,14H2,1-4H3,(H2,27,28,30). The van der Waals surface area contributed by atoms with E-state index in [9.17, 15) is 14.0 Å². The van der Waals surface area contributed by atoms with E-state index in [0.29, 0.717) is 40.3 Å². The first kappa shape index (κ1) is 24.1. The van der Waals surface area contributed by atoms with Crippen molar-refractivity contribution in [3.8, 4) is 11.5 Å². The van der Waals surface area contributed by atoms with Crippen molar-refractivity contribution in [3.63, 3.8) is 0 Å². The Morgan fingerprint density at radius 2 is 1.91 bits per heavy atom. The van der Waals surface area contributed by atoms with Crippen LogP contribution in [0.1, 0.15) is 50.8 Å². The fraction of sp³-hybridized carbons (Fsp3) is 0.360. The van der Waals surface area contributed by atoms with Crippen molar-refractivity contribution >= 4 is 12.0 Å². The van der Waals surface area contributed by atoms with Gasteiger partial charge in [-0.3, -0.25) is 0 Å². The number of allylic oxidation sites excluding steroid dienone is 1. The molecule has 1 heterocycles. The average molecular weight is 457 g/mol. The summed E-state index contributed by atoms with van der Waals surface area (Å²) in [4.78, 5) is 25.6. The second-order valence-corrected chi connectivity index (χ2v) is 7.89. The molecule has 2 amide bonds. The lowest BCUT2D eigenvalue weighted by molar-refractivity contribution is -0.143. The highest BCUT2D eigenvalue weighted by atomic mass is 19.1. The lowest BCUT2D eigenvalue weighted by Gasteiger charge is -2.31. The van der Waals surface area contributed by atoms with Gasteiger partial charge in [0.2, 0.25) is 0 Å². The molecule has 3 rings (SSSR count). The van der Waals surface area contributed by atoms with E-state index in [4.69, 9.17) is 14.2 Å². The molecule has 2 aromatic carbocycles. The maximum absolute atomic E-state index is 14.2. The molecule has 7 nitrogen and oxygen atoms in total.